The number of thiophene rings is 2. The molecule has 0 aliphatic carbocycles. The van der Waals surface area contributed by atoms with Gasteiger partial charge in [-0.2, -0.15) is 0 Å². The van der Waals surface area contributed by atoms with Crippen molar-refractivity contribution in [1.29, 1.82) is 0 Å². The second kappa shape index (κ2) is 8.33. The van der Waals surface area contributed by atoms with Crippen LogP contribution in [0.5, 0.6) is 0 Å². The van der Waals surface area contributed by atoms with E-state index in [1.54, 1.807) is 18.3 Å². The van der Waals surface area contributed by atoms with E-state index in [9.17, 15) is 4.79 Å². The van der Waals surface area contributed by atoms with Crippen molar-refractivity contribution in [2.24, 2.45) is 0 Å². The topological polar surface area (TPSA) is 65.2 Å². The highest BCUT2D eigenvalue weighted by atomic mass is 32.1. The summed E-state index contributed by atoms with van der Waals surface area (Å²) in [7, 11) is 0. The van der Waals surface area contributed by atoms with Gasteiger partial charge in [-0.15, -0.1) is 32.9 Å². The molecule has 0 aliphatic rings. The van der Waals surface area contributed by atoms with Crippen molar-refractivity contribution < 1.29 is 13.9 Å². The Morgan fingerprint density at radius 3 is 2.54 bits per heavy atom. The van der Waals surface area contributed by atoms with Crippen LogP contribution in [0.25, 0.3) is 23.1 Å². The van der Waals surface area contributed by atoms with E-state index in [-0.39, 0.29) is 5.89 Å². The molecule has 3 aromatic heterocycles. The Balaban J connectivity index is 1.54. The molecule has 0 saturated heterocycles. The zero-order valence-electron chi connectivity index (χ0n) is 14.9. The molecule has 3 heterocycles. The Labute approximate surface area is 169 Å². The van der Waals surface area contributed by atoms with E-state index < -0.39 is 12.1 Å². The number of carbonyl (C=O) groups excluding carboxylic acids is 1. The largest absolute Gasteiger partial charge is 0.449 e. The van der Waals surface area contributed by atoms with Gasteiger partial charge in [0.25, 0.3) is 5.89 Å². The molecule has 0 amide bonds. The lowest BCUT2D eigenvalue weighted by molar-refractivity contribution is -0.142. The van der Waals surface area contributed by atoms with Crippen molar-refractivity contribution in [3.05, 3.63) is 81.0 Å². The number of esters is 1. The minimum absolute atomic E-state index is 0.258. The summed E-state index contributed by atoms with van der Waals surface area (Å²) in [4.78, 5) is 14.7. The van der Waals surface area contributed by atoms with Crippen LogP contribution in [-0.2, 0) is 9.53 Å². The molecule has 0 aliphatic heterocycles. The maximum absolute atomic E-state index is 12.9. The number of nitrogens with zero attached hydrogens (tertiary/aromatic N) is 2. The number of ether oxygens (including phenoxy) is 1. The first-order chi connectivity index (χ1) is 13.7. The Morgan fingerprint density at radius 2 is 1.82 bits per heavy atom. The van der Waals surface area contributed by atoms with Gasteiger partial charge in [0.15, 0.2) is 6.10 Å². The highest BCUT2D eigenvalue weighted by Crippen LogP contribution is 2.29. The Morgan fingerprint density at radius 1 is 1.04 bits per heavy atom. The minimum Gasteiger partial charge on any atom is -0.449 e. The molecule has 4 rings (SSSR count). The van der Waals surface area contributed by atoms with E-state index in [4.69, 9.17) is 9.15 Å². The maximum atomic E-state index is 12.9. The molecule has 0 saturated carbocycles. The molecule has 0 radical (unpaired) electrons. The predicted molar refractivity (Wildman–Crippen MR) is 111 cm³/mol. The van der Waals surface area contributed by atoms with E-state index in [0.717, 1.165) is 15.3 Å². The van der Waals surface area contributed by atoms with Crippen LogP contribution in [0.3, 0.4) is 0 Å². The molecule has 7 heteroatoms. The average Bonchev–Trinajstić information content (AvgIpc) is 3.49. The van der Waals surface area contributed by atoms with Crippen LogP contribution in [0.2, 0.25) is 0 Å². The van der Waals surface area contributed by atoms with Crippen LogP contribution in [0.15, 0.2) is 69.8 Å². The van der Waals surface area contributed by atoms with E-state index >= 15 is 0 Å². The third-order valence-electron chi connectivity index (χ3n) is 3.93. The molecular formula is C21H16N2O3S2. The molecule has 140 valence electrons. The lowest BCUT2D eigenvalue weighted by atomic mass is 10.2. The highest BCUT2D eigenvalue weighted by Gasteiger charge is 2.22. The van der Waals surface area contributed by atoms with E-state index in [0.29, 0.717) is 11.5 Å². The fourth-order valence-electron chi connectivity index (χ4n) is 2.55. The molecule has 1 aromatic carbocycles. The lowest BCUT2D eigenvalue weighted by Gasteiger charge is -2.11. The number of rotatable bonds is 6. The molecule has 0 spiro atoms. The van der Waals surface area contributed by atoms with Gasteiger partial charge in [-0.25, -0.2) is 4.79 Å². The van der Waals surface area contributed by atoms with Gasteiger partial charge >= 0.3 is 5.97 Å². The maximum Gasteiger partial charge on any atom is 0.340 e. The fourth-order valence-corrected chi connectivity index (χ4v) is 3.94. The van der Waals surface area contributed by atoms with Crippen molar-refractivity contribution >= 4 is 40.3 Å². The summed E-state index contributed by atoms with van der Waals surface area (Å²) in [5, 5.41) is 12.0. The zero-order chi connectivity index (χ0) is 19.3. The normalized spacial score (nSPS) is 12.7. The van der Waals surface area contributed by atoms with Gasteiger partial charge in [0.1, 0.15) is 0 Å². The average molecular weight is 409 g/mol. The summed E-state index contributed by atoms with van der Waals surface area (Å²) in [5.74, 6) is 0.225. The molecule has 0 bridgehead atoms. The van der Waals surface area contributed by atoms with E-state index in [1.807, 2.05) is 71.4 Å². The highest BCUT2D eigenvalue weighted by molar-refractivity contribution is 7.12. The summed E-state index contributed by atoms with van der Waals surface area (Å²) >= 11 is 3.05. The molecular weight excluding hydrogens is 392 g/mol. The SMILES string of the molecule is C[C@H](OC(=O)/C(=C/c1cccs1)c1cccs1)c1nnc(-c2ccccc2)o1. The molecule has 0 N–H and O–H groups in total. The van der Waals surface area contributed by atoms with Crippen molar-refractivity contribution in [2.45, 2.75) is 13.0 Å². The summed E-state index contributed by atoms with van der Waals surface area (Å²) in [6.07, 6.45) is 1.18. The molecule has 4 aromatic rings. The molecule has 1 atom stereocenters. The number of hydrogen-bond acceptors (Lipinski definition) is 7. The third-order valence-corrected chi connectivity index (χ3v) is 5.65. The Kier molecular flexibility index (Phi) is 5.45. The summed E-state index contributed by atoms with van der Waals surface area (Å²) in [5.41, 5.74) is 1.32. The Bertz CT molecular complexity index is 1070. The molecule has 0 unspecified atom stereocenters. The van der Waals surface area contributed by atoms with Crippen LogP contribution >= 0.6 is 22.7 Å². The Hall–Kier alpha value is -3.03. The van der Waals surface area contributed by atoms with Gasteiger partial charge in [0.2, 0.25) is 5.89 Å². The van der Waals surface area contributed by atoms with Crippen molar-refractivity contribution in [2.75, 3.05) is 0 Å². The standard InChI is InChI=1S/C21H16N2O3S2/c1-14(19-22-23-20(26-19)15-7-3-2-4-8-15)25-21(24)17(18-10-6-12-28-18)13-16-9-5-11-27-16/h2-14H,1H3/b17-13+/t14-/m0/s1. The van der Waals surface area contributed by atoms with Gasteiger partial charge in [-0.1, -0.05) is 30.3 Å². The number of hydrogen-bond donors (Lipinski definition) is 0. The van der Waals surface area contributed by atoms with Gasteiger partial charge in [0.05, 0.1) is 5.57 Å². The third kappa shape index (κ3) is 4.11. The molecule has 5 nitrogen and oxygen atoms in total. The van der Waals surface area contributed by atoms with Crippen LogP contribution in [-0.4, -0.2) is 16.2 Å². The van der Waals surface area contributed by atoms with Crippen LogP contribution in [0.1, 0.15) is 28.7 Å². The summed E-state index contributed by atoms with van der Waals surface area (Å²) in [6.45, 7) is 1.72. The summed E-state index contributed by atoms with van der Waals surface area (Å²) < 4.78 is 11.3. The first-order valence-electron chi connectivity index (χ1n) is 8.59. The molecule has 0 fully saturated rings. The van der Waals surface area contributed by atoms with Gasteiger partial charge < -0.3 is 9.15 Å². The van der Waals surface area contributed by atoms with E-state index in [1.165, 1.54) is 11.3 Å². The number of carbonyl (C=O) groups is 1. The first-order valence-corrected chi connectivity index (χ1v) is 10.4. The second-order valence-corrected chi connectivity index (χ2v) is 7.84. The summed E-state index contributed by atoms with van der Waals surface area (Å²) in [6, 6.07) is 17.2. The van der Waals surface area contributed by atoms with E-state index in [2.05, 4.69) is 10.2 Å². The molecule has 28 heavy (non-hydrogen) atoms. The van der Waals surface area contributed by atoms with Gasteiger partial charge in [-0.05, 0) is 48.0 Å². The van der Waals surface area contributed by atoms with Crippen molar-refractivity contribution in [3.8, 4) is 11.5 Å². The van der Waals surface area contributed by atoms with Crippen molar-refractivity contribution in [3.63, 3.8) is 0 Å². The number of aromatic nitrogens is 2. The number of benzene rings is 1. The van der Waals surface area contributed by atoms with Gasteiger partial charge in [0, 0.05) is 15.3 Å². The minimum atomic E-state index is -0.663. The predicted octanol–water partition coefficient (Wildman–Crippen LogP) is 5.70. The van der Waals surface area contributed by atoms with Crippen molar-refractivity contribution in [1.82, 2.24) is 10.2 Å². The first kappa shape index (κ1) is 18.3. The van der Waals surface area contributed by atoms with Crippen LogP contribution in [0, 0.1) is 0 Å². The van der Waals surface area contributed by atoms with Crippen LogP contribution in [0.4, 0.5) is 0 Å². The quantitative estimate of drug-likeness (QED) is 0.302. The van der Waals surface area contributed by atoms with Gasteiger partial charge in [-0.3, -0.25) is 0 Å². The van der Waals surface area contributed by atoms with Crippen LogP contribution < -0.4 is 0 Å². The fraction of sp³-hybridized carbons (Fsp3) is 0.0952. The monoisotopic (exact) mass is 408 g/mol. The zero-order valence-corrected chi connectivity index (χ0v) is 16.6. The lowest BCUT2D eigenvalue weighted by Crippen LogP contribution is -2.10. The second-order valence-electron chi connectivity index (χ2n) is 5.91. The smallest absolute Gasteiger partial charge is 0.340 e.